The third-order valence-corrected chi connectivity index (χ3v) is 9.00. The largest absolute Gasteiger partial charge is 0.479 e. The number of aliphatic carboxylic acids is 1. The summed E-state index contributed by atoms with van der Waals surface area (Å²) in [7, 11) is 0. The average molecular weight is 390 g/mol. The number of hydrogen-bond acceptors (Lipinski definition) is 4. The van der Waals surface area contributed by atoms with E-state index in [0.717, 1.165) is 42.7 Å². The highest BCUT2D eigenvalue weighted by Gasteiger charge is 2.59. The molecule has 0 radical (unpaired) electrons. The van der Waals surface area contributed by atoms with Crippen LogP contribution in [-0.4, -0.2) is 34.6 Å². The van der Waals surface area contributed by atoms with Crippen LogP contribution < -0.4 is 0 Å². The van der Waals surface area contributed by atoms with E-state index in [2.05, 4.69) is 25.1 Å². The Kier molecular flexibility index (Phi) is 5.09. The molecule has 7 unspecified atom stereocenters. The van der Waals surface area contributed by atoms with Crippen molar-refractivity contribution in [3.63, 3.8) is 0 Å². The second kappa shape index (κ2) is 7.16. The molecule has 0 heterocycles. The van der Waals surface area contributed by atoms with Crippen molar-refractivity contribution in [2.24, 2.45) is 39.7 Å². The molecule has 0 saturated heterocycles. The van der Waals surface area contributed by atoms with Crippen LogP contribution in [0.3, 0.4) is 0 Å². The molecule has 2 N–H and O–H groups in total. The van der Waals surface area contributed by atoms with E-state index in [1.165, 1.54) is 37.7 Å². The number of nitrogens with zero attached hydrogens (tertiary/aromatic N) is 1. The van der Waals surface area contributed by atoms with Crippen molar-refractivity contribution in [3.8, 4) is 0 Å². The monoisotopic (exact) mass is 389 g/mol. The topological polar surface area (TPSA) is 79.1 Å². The third-order valence-electron chi connectivity index (χ3n) is 9.00. The van der Waals surface area contributed by atoms with Crippen molar-refractivity contribution in [2.75, 3.05) is 6.61 Å². The van der Waals surface area contributed by atoms with Gasteiger partial charge in [0.05, 0.1) is 11.8 Å². The Hall–Kier alpha value is -1.36. The summed E-state index contributed by atoms with van der Waals surface area (Å²) in [4.78, 5) is 15.6. The lowest BCUT2D eigenvalue weighted by Gasteiger charge is -2.58. The number of oxime groups is 1. The van der Waals surface area contributed by atoms with E-state index in [1.807, 2.05) is 6.92 Å². The normalized spacial score (nSPS) is 44.9. The van der Waals surface area contributed by atoms with E-state index < -0.39 is 5.97 Å². The van der Waals surface area contributed by atoms with Crippen molar-refractivity contribution >= 4 is 11.7 Å². The van der Waals surface area contributed by atoms with Gasteiger partial charge in [0, 0.05) is 0 Å². The van der Waals surface area contributed by atoms with Crippen molar-refractivity contribution in [1.29, 1.82) is 0 Å². The minimum atomic E-state index is -0.990. The number of rotatable bonds is 4. The molecule has 4 aliphatic rings. The van der Waals surface area contributed by atoms with Gasteiger partial charge in [0.1, 0.15) is 0 Å². The highest BCUT2D eigenvalue weighted by Crippen LogP contribution is 2.66. The van der Waals surface area contributed by atoms with Gasteiger partial charge in [-0.25, -0.2) is 4.79 Å². The molecule has 3 fully saturated rings. The molecule has 0 aromatic heterocycles. The van der Waals surface area contributed by atoms with Crippen LogP contribution in [0.15, 0.2) is 16.8 Å². The van der Waals surface area contributed by atoms with Crippen LogP contribution in [-0.2, 0) is 9.63 Å². The highest BCUT2D eigenvalue weighted by molar-refractivity contribution is 5.96. The zero-order chi connectivity index (χ0) is 20.1. The predicted molar refractivity (Wildman–Crippen MR) is 108 cm³/mol. The molecule has 0 aromatic rings. The van der Waals surface area contributed by atoms with Gasteiger partial charge < -0.3 is 15.1 Å². The van der Waals surface area contributed by atoms with Crippen molar-refractivity contribution in [2.45, 2.75) is 78.2 Å². The zero-order valence-corrected chi connectivity index (χ0v) is 17.5. The molecule has 0 spiro atoms. The number of aliphatic hydroxyl groups is 1. The second-order valence-corrected chi connectivity index (χ2v) is 10.2. The lowest BCUT2D eigenvalue weighted by molar-refractivity contribution is -0.142. The quantitative estimate of drug-likeness (QED) is 0.698. The van der Waals surface area contributed by atoms with Gasteiger partial charge in [0.15, 0.2) is 0 Å². The minimum Gasteiger partial charge on any atom is -0.479 e. The van der Waals surface area contributed by atoms with Crippen molar-refractivity contribution < 1.29 is 19.8 Å². The fourth-order valence-corrected chi connectivity index (χ4v) is 7.65. The van der Waals surface area contributed by atoms with E-state index in [1.54, 1.807) is 0 Å². The number of carbonyl (C=O) groups is 1. The van der Waals surface area contributed by atoms with Gasteiger partial charge in [-0.2, -0.15) is 0 Å². The Morgan fingerprint density at radius 3 is 2.71 bits per heavy atom. The van der Waals surface area contributed by atoms with Crippen molar-refractivity contribution in [3.05, 3.63) is 11.6 Å². The lowest BCUT2D eigenvalue weighted by Crippen LogP contribution is -2.51. The fourth-order valence-electron chi connectivity index (χ4n) is 7.65. The molecule has 0 aromatic carbocycles. The molecule has 4 aliphatic carbocycles. The number of allylic oxidation sites excluding steroid dienone is 2. The lowest BCUT2D eigenvalue weighted by atomic mass is 9.46. The maximum absolute atomic E-state index is 10.6. The van der Waals surface area contributed by atoms with E-state index in [0.29, 0.717) is 11.3 Å². The summed E-state index contributed by atoms with van der Waals surface area (Å²) < 4.78 is 0. The minimum absolute atomic E-state index is 0.194. The SMILES string of the molecule is CC(O)C1CCC2C3CCC4=C/C(=N\OCC(=O)O)CCC4(C)C3CCC12C. The first kappa shape index (κ1) is 19.9. The highest BCUT2D eigenvalue weighted by atomic mass is 16.6. The summed E-state index contributed by atoms with van der Waals surface area (Å²) in [6, 6.07) is 0. The van der Waals surface area contributed by atoms with Crippen LogP contribution in [0.2, 0.25) is 0 Å². The Morgan fingerprint density at radius 2 is 2.00 bits per heavy atom. The number of hydrogen-bond donors (Lipinski definition) is 2. The van der Waals surface area contributed by atoms with Crippen molar-refractivity contribution in [1.82, 2.24) is 0 Å². The Morgan fingerprint density at radius 1 is 1.21 bits per heavy atom. The molecule has 156 valence electrons. The van der Waals surface area contributed by atoms with Crippen LogP contribution in [0.1, 0.15) is 72.1 Å². The van der Waals surface area contributed by atoms with Gasteiger partial charge in [0.2, 0.25) is 6.61 Å². The third kappa shape index (κ3) is 3.10. The van der Waals surface area contributed by atoms with Crippen LogP contribution in [0.5, 0.6) is 0 Å². The van der Waals surface area contributed by atoms with E-state index in [-0.39, 0.29) is 18.1 Å². The molecule has 28 heavy (non-hydrogen) atoms. The van der Waals surface area contributed by atoms with Crippen LogP contribution in [0.25, 0.3) is 0 Å². The predicted octanol–water partition coefficient (Wildman–Crippen LogP) is 4.40. The zero-order valence-electron chi connectivity index (χ0n) is 17.5. The molecule has 0 amide bonds. The summed E-state index contributed by atoms with van der Waals surface area (Å²) in [6.45, 7) is 6.52. The maximum Gasteiger partial charge on any atom is 0.344 e. The molecule has 7 atom stereocenters. The second-order valence-electron chi connectivity index (χ2n) is 10.2. The Balaban J connectivity index is 1.54. The molecule has 0 aliphatic heterocycles. The van der Waals surface area contributed by atoms with E-state index >= 15 is 0 Å². The summed E-state index contributed by atoms with van der Waals surface area (Å²) in [6.07, 6.45) is 11.3. The van der Waals surface area contributed by atoms with E-state index in [9.17, 15) is 9.90 Å². The molecular formula is C23H35NO4. The van der Waals surface area contributed by atoms with Crippen LogP contribution in [0, 0.1) is 34.5 Å². The smallest absolute Gasteiger partial charge is 0.344 e. The maximum atomic E-state index is 10.6. The van der Waals surface area contributed by atoms with Gasteiger partial charge in [-0.05, 0) is 98.9 Å². The van der Waals surface area contributed by atoms with Crippen LogP contribution in [0.4, 0.5) is 0 Å². The number of aliphatic hydroxyl groups excluding tert-OH is 1. The fraction of sp³-hybridized carbons (Fsp3) is 0.826. The molecular weight excluding hydrogens is 354 g/mol. The first-order valence-corrected chi connectivity index (χ1v) is 11.1. The molecule has 5 nitrogen and oxygen atoms in total. The van der Waals surface area contributed by atoms with Gasteiger partial charge in [-0.1, -0.05) is 24.6 Å². The summed E-state index contributed by atoms with van der Waals surface area (Å²) in [5.41, 5.74) is 2.92. The van der Waals surface area contributed by atoms with Gasteiger partial charge in [-0.15, -0.1) is 0 Å². The molecule has 3 saturated carbocycles. The summed E-state index contributed by atoms with van der Waals surface area (Å²) in [5, 5.41) is 23.2. The Labute approximate surface area is 168 Å². The molecule has 4 rings (SSSR count). The Bertz CT molecular complexity index is 699. The summed E-state index contributed by atoms with van der Waals surface area (Å²) >= 11 is 0. The van der Waals surface area contributed by atoms with Gasteiger partial charge in [0.25, 0.3) is 0 Å². The van der Waals surface area contributed by atoms with Gasteiger partial charge >= 0.3 is 5.97 Å². The molecule has 0 bridgehead atoms. The average Bonchev–Trinajstić information content (AvgIpc) is 2.99. The molecule has 5 heteroatoms. The number of carboxylic acids is 1. The van der Waals surface area contributed by atoms with Crippen LogP contribution >= 0.6 is 0 Å². The first-order valence-electron chi connectivity index (χ1n) is 11.1. The van der Waals surface area contributed by atoms with E-state index in [4.69, 9.17) is 9.94 Å². The van der Waals surface area contributed by atoms with Gasteiger partial charge in [-0.3, -0.25) is 0 Å². The number of carboxylic acid groups (broad SMARTS) is 1. The summed E-state index contributed by atoms with van der Waals surface area (Å²) in [5.74, 6) is 1.71. The first-order chi connectivity index (χ1) is 13.3. The standard InChI is InChI=1S/C23H35NO4/c1-14(25)18-6-7-19-17-5-4-15-12-16(24-28-13-21(26)27)8-10-22(15,2)20(17)9-11-23(18,19)3/h12,14,17-20,25H,4-11,13H2,1-3H3,(H,26,27)/b24-16-. The number of fused-ring (bicyclic) bond motifs is 5.